The third-order valence-electron chi connectivity index (χ3n) is 4.26. The first kappa shape index (κ1) is 16.0. The minimum absolute atomic E-state index is 0.0684. The SMILES string of the molecule is O=C(NCCc1ccccc1)c1ccc(-n2cnc3cccnc32)cc1. The Morgan fingerprint density at radius 2 is 1.73 bits per heavy atom. The van der Waals surface area contributed by atoms with Crippen LogP contribution in [0.1, 0.15) is 15.9 Å². The highest BCUT2D eigenvalue weighted by Gasteiger charge is 2.08. The van der Waals surface area contributed by atoms with Gasteiger partial charge < -0.3 is 5.32 Å². The smallest absolute Gasteiger partial charge is 0.251 e. The van der Waals surface area contributed by atoms with Crippen LogP contribution in [0.25, 0.3) is 16.9 Å². The number of aromatic nitrogens is 3. The van der Waals surface area contributed by atoms with E-state index in [-0.39, 0.29) is 5.91 Å². The predicted octanol–water partition coefficient (Wildman–Crippen LogP) is 3.39. The summed E-state index contributed by atoms with van der Waals surface area (Å²) >= 11 is 0. The van der Waals surface area contributed by atoms with E-state index in [1.54, 1.807) is 12.5 Å². The van der Waals surface area contributed by atoms with E-state index in [0.29, 0.717) is 12.1 Å². The molecule has 2 heterocycles. The number of hydrogen-bond acceptors (Lipinski definition) is 3. The van der Waals surface area contributed by atoms with Crippen LogP contribution in [-0.4, -0.2) is 27.0 Å². The fourth-order valence-corrected chi connectivity index (χ4v) is 2.88. The number of pyridine rings is 1. The lowest BCUT2D eigenvalue weighted by Crippen LogP contribution is -2.25. The van der Waals surface area contributed by atoms with E-state index < -0.39 is 0 Å². The van der Waals surface area contributed by atoms with Crippen molar-refractivity contribution in [2.45, 2.75) is 6.42 Å². The van der Waals surface area contributed by atoms with Gasteiger partial charge in [-0.05, 0) is 48.4 Å². The Labute approximate surface area is 151 Å². The Hall–Kier alpha value is -3.47. The monoisotopic (exact) mass is 342 g/mol. The molecule has 0 fully saturated rings. The number of fused-ring (bicyclic) bond motifs is 1. The van der Waals surface area contributed by atoms with E-state index in [1.807, 2.05) is 59.2 Å². The Morgan fingerprint density at radius 1 is 0.923 bits per heavy atom. The minimum Gasteiger partial charge on any atom is -0.352 e. The summed E-state index contributed by atoms with van der Waals surface area (Å²) in [6.07, 6.45) is 4.30. The van der Waals surface area contributed by atoms with Crippen LogP contribution in [0, 0.1) is 0 Å². The van der Waals surface area contributed by atoms with Crippen LogP contribution >= 0.6 is 0 Å². The van der Waals surface area contributed by atoms with Crippen molar-refractivity contribution in [3.05, 3.63) is 90.4 Å². The van der Waals surface area contributed by atoms with Crippen molar-refractivity contribution >= 4 is 17.1 Å². The molecule has 0 spiro atoms. The highest BCUT2D eigenvalue weighted by Crippen LogP contribution is 2.16. The molecule has 4 aromatic rings. The summed E-state index contributed by atoms with van der Waals surface area (Å²) < 4.78 is 1.91. The molecule has 0 unspecified atom stereocenters. The van der Waals surface area contributed by atoms with E-state index in [1.165, 1.54) is 5.56 Å². The molecule has 0 aliphatic rings. The fraction of sp³-hybridized carbons (Fsp3) is 0.0952. The molecule has 0 saturated heterocycles. The first-order valence-electron chi connectivity index (χ1n) is 8.52. The lowest BCUT2D eigenvalue weighted by atomic mass is 10.1. The van der Waals surface area contributed by atoms with Crippen LogP contribution in [0.2, 0.25) is 0 Å². The summed E-state index contributed by atoms with van der Waals surface area (Å²) in [7, 11) is 0. The largest absolute Gasteiger partial charge is 0.352 e. The van der Waals surface area contributed by atoms with Crippen molar-refractivity contribution in [2.24, 2.45) is 0 Å². The molecule has 2 aromatic heterocycles. The van der Waals surface area contributed by atoms with Gasteiger partial charge in [-0.2, -0.15) is 0 Å². The summed E-state index contributed by atoms with van der Waals surface area (Å²) in [5.74, 6) is -0.0684. The Kier molecular flexibility index (Phi) is 4.43. The van der Waals surface area contributed by atoms with Gasteiger partial charge in [0.05, 0.1) is 0 Å². The van der Waals surface area contributed by atoms with E-state index in [9.17, 15) is 4.79 Å². The number of hydrogen-bond donors (Lipinski definition) is 1. The lowest BCUT2D eigenvalue weighted by molar-refractivity contribution is 0.0954. The summed E-state index contributed by atoms with van der Waals surface area (Å²) in [5, 5.41) is 2.96. The molecule has 0 bridgehead atoms. The number of nitrogens with one attached hydrogen (secondary N) is 1. The zero-order valence-electron chi connectivity index (χ0n) is 14.2. The van der Waals surface area contributed by atoms with Crippen molar-refractivity contribution in [2.75, 3.05) is 6.54 Å². The van der Waals surface area contributed by atoms with Crippen molar-refractivity contribution in [1.29, 1.82) is 0 Å². The van der Waals surface area contributed by atoms with Crippen LogP contribution in [0.4, 0.5) is 0 Å². The molecule has 5 heteroatoms. The number of imidazole rings is 1. The van der Waals surface area contributed by atoms with Gasteiger partial charge in [-0.25, -0.2) is 9.97 Å². The van der Waals surface area contributed by atoms with Crippen LogP contribution in [-0.2, 0) is 6.42 Å². The summed E-state index contributed by atoms with van der Waals surface area (Å²) in [6, 6.07) is 21.4. The van der Waals surface area contributed by atoms with Crippen molar-refractivity contribution < 1.29 is 4.79 Å². The summed E-state index contributed by atoms with van der Waals surface area (Å²) in [4.78, 5) is 21.0. The van der Waals surface area contributed by atoms with Crippen LogP contribution in [0.3, 0.4) is 0 Å². The molecule has 1 N–H and O–H groups in total. The maximum atomic E-state index is 12.3. The van der Waals surface area contributed by atoms with Crippen molar-refractivity contribution in [3.8, 4) is 5.69 Å². The number of nitrogens with zero attached hydrogens (tertiary/aromatic N) is 3. The topological polar surface area (TPSA) is 59.8 Å². The Balaban J connectivity index is 1.43. The van der Waals surface area contributed by atoms with Crippen LogP contribution < -0.4 is 5.32 Å². The van der Waals surface area contributed by atoms with Gasteiger partial charge in [-0.3, -0.25) is 9.36 Å². The van der Waals surface area contributed by atoms with Crippen molar-refractivity contribution in [3.63, 3.8) is 0 Å². The number of carbonyl (C=O) groups is 1. The minimum atomic E-state index is -0.0684. The van der Waals surface area contributed by atoms with E-state index in [0.717, 1.165) is 23.3 Å². The number of benzene rings is 2. The van der Waals surface area contributed by atoms with Crippen LogP contribution in [0.5, 0.6) is 0 Å². The molecule has 0 aliphatic carbocycles. The molecular weight excluding hydrogens is 324 g/mol. The molecule has 26 heavy (non-hydrogen) atoms. The molecule has 4 rings (SSSR count). The highest BCUT2D eigenvalue weighted by molar-refractivity contribution is 5.94. The number of carbonyl (C=O) groups excluding carboxylic acids is 1. The van der Waals surface area contributed by atoms with Gasteiger partial charge in [0.15, 0.2) is 5.65 Å². The summed E-state index contributed by atoms with van der Waals surface area (Å²) in [6.45, 7) is 0.612. The first-order valence-corrected chi connectivity index (χ1v) is 8.52. The molecule has 5 nitrogen and oxygen atoms in total. The molecule has 0 saturated carbocycles. The van der Waals surface area contributed by atoms with Gasteiger partial charge in [0, 0.05) is 24.0 Å². The maximum Gasteiger partial charge on any atom is 0.251 e. The molecule has 0 atom stereocenters. The highest BCUT2D eigenvalue weighted by atomic mass is 16.1. The van der Waals surface area contributed by atoms with Gasteiger partial charge in [0.25, 0.3) is 5.91 Å². The zero-order chi connectivity index (χ0) is 17.8. The average molecular weight is 342 g/mol. The third kappa shape index (κ3) is 3.32. The zero-order valence-corrected chi connectivity index (χ0v) is 14.2. The maximum absolute atomic E-state index is 12.3. The van der Waals surface area contributed by atoms with E-state index in [4.69, 9.17) is 0 Å². The van der Waals surface area contributed by atoms with Gasteiger partial charge in [0.2, 0.25) is 0 Å². The van der Waals surface area contributed by atoms with E-state index >= 15 is 0 Å². The Bertz CT molecular complexity index is 1020. The van der Waals surface area contributed by atoms with E-state index in [2.05, 4.69) is 27.4 Å². The molecule has 128 valence electrons. The second-order valence-electron chi connectivity index (χ2n) is 6.00. The fourth-order valence-electron chi connectivity index (χ4n) is 2.88. The number of rotatable bonds is 5. The predicted molar refractivity (Wildman–Crippen MR) is 101 cm³/mol. The van der Waals surface area contributed by atoms with Crippen molar-refractivity contribution in [1.82, 2.24) is 19.9 Å². The number of amides is 1. The quantitative estimate of drug-likeness (QED) is 0.605. The average Bonchev–Trinajstić information content (AvgIpc) is 3.13. The summed E-state index contributed by atoms with van der Waals surface area (Å²) in [5.41, 5.74) is 4.41. The molecule has 0 radical (unpaired) electrons. The molecule has 1 amide bonds. The van der Waals surface area contributed by atoms with Gasteiger partial charge in [-0.15, -0.1) is 0 Å². The van der Waals surface area contributed by atoms with Crippen LogP contribution in [0.15, 0.2) is 79.3 Å². The van der Waals surface area contributed by atoms with Gasteiger partial charge >= 0.3 is 0 Å². The molecular formula is C21H18N4O. The second-order valence-corrected chi connectivity index (χ2v) is 6.00. The van der Waals surface area contributed by atoms with Gasteiger partial charge in [-0.1, -0.05) is 30.3 Å². The molecule has 2 aromatic carbocycles. The first-order chi connectivity index (χ1) is 12.8. The normalized spacial score (nSPS) is 10.8. The molecule has 0 aliphatic heterocycles. The third-order valence-corrected chi connectivity index (χ3v) is 4.26. The standard InChI is InChI=1S/C21H18N4O/c26-21(23-14-12-16-5-2-1-3-6-16)17-8-10-18(11-9-17)25-15-24-19-7-4-13-22-20(19)25/h1-11,13,15H,12,14H2,(H,23,26). The lowest BCUT2D eigenvalue weighted by Gasteiger charge is -2.07. The van der Waals surface area contributed by atoms with Gasteiger partial charge in [0.1, 0.15) is 11.8 Å². The Morgan fingerprint density at radius 3 is 2.54 bits per heavy atom. The second kappa shape index (κ2) is 7.19.